The Hall–Kier alpha value is -1.49. The van der Waals surface area contributed by atoms with Gasteiger partial charge in [-0.2, -0.15) is 0 Å². The van der Waals surface area contributed by atoms with Crippen LogP contribution in [0.2, 0.25) is 0 Å². The summed E-state index contributed by atoms with van der Waals surface area (Å²) in [5.74, 6) is -1.55. The molecule has 0 spiro atoms. The van der Waals surface area contributed by atoms with Gasteiger partial charge in [0.2, 0.25) is 0 Å². The van der Waals surface area contributed by atoms with Crippen molar-refractivity contribution < 1.29 is 18.3 Å². The Morgan fingerprint density at radius 1 is 1.41 bits per heavy atom. The lowest BCUT2D eigenvalue weighted by Gasteiger charge is -2.15. The molecule has 0 aliphatic heterocycles. The summed E-state index contributed by atoms with van der Waals surface area (Å²) in [5.41, 5.74) is -0.0163. The van der Waals surface area contributed by atoms with Crippen LogP contribution in [-0.4, -0.2) is 19.6 Å². The van der Waals surface area contributed by atoms with E-state index in [2.05, 4.69) is 10.1 Å². The van der Waals surface area contributed by atoms with Gasteiger partial charge in [0.25, 0.3) is 0 Å². The highest BCUT2D eigenvalue weighted by Gasteiger charge is 2.15. The number of carbonyl (C=O) groups is 1. The van der Waals surface area contributed by atoms with E-state index in [9.17, 15) is 13.6 Å². The first-order valence-corrected chi connectivity index (χ1v) is 5.30. The number of nitrogens with one attached hydrogen (secondary N) is 1. The Morgan fingerprint density at radius 3 is 2.53 bits per heavy atom. The van der Waals surface area contributed by atoms with Gasteiger partial charge in [0.15, 0.2) is 0 Å². The molecule has 1 unspecified atom stereocenters. The molecule has 0 aliphatic carbocycles. The van der Waals surface area contributed by atoms with E-state index in [0.29, 0.717) is 6.54 Å². The highest BCUT2D eigenvalue weighted by Crippen LogP contribution is 2.19. The molecule has 0 saturated heterocycles. The van der Waals surface area contributed by atoms with Crippen LogP contribution in [0.15, 0.2) is 18.2 Å². The number of halogens is 2. The molecule has 0 radical (unpaired) electrons. The Bertz CT molecular complexity index is 376. The molecular weight excluding hydrogens is 228 g/mol. The third kappa shape index (κ3) is 3.78. The Kier molecular flexibility index (Phi) is 5.03. The van der Waals surface area contributed by atoms with Gasteiger partial charge >= 0.3 is 5.97 Å². The van der Waals surface area contributed by atoms with Crippen LogP contribution < -0.4 is 5.32 Å². The van der Waals surface area contributed by atoms with Crippen molar-refractivity contribution in [2.24, 2.45) is 0 Å². The highest BCUT2D eigenvalue weighted by molar-refractivity contribution is 5.69. The second kappa shape index (κ2) is 6.30. The molecule has 1 rings (SSSR count). The first kappa shape index (κ1) is 13.6. The molecule has 0 aliphatic rings. The molecule has 0 bridgehead atoms. The maximum atomic E-state index is 13.4. The van der Waals surface area contributed by atoms with E-state index in [1.165, 1.54) is 25.3 Å². The summed E-state index contributed by atoms with van der Waals surface area (Å²) in [5, 5.41) is 2.86. The van der Waals surface area contributed by atoms with Gasteiger partial charge in [0, 0.05) is 18.2 Å². The predicted octanol–water partition coefficient (Wildman–Crippen LogP) is 2.18. The average molecular weight is 243 g/mol. The summed E-state index contributed by atoms with van der Waals surface area (Å²) in [6.07, 6.45) is 0.164. The quantitative estimate of drug-likeness (QED) is 0.805. The lowest BCUT2D eigenvalue weighted by Crippen LogP contribution is -2.24. The normalized spacial score (nSPS) is 12.2. The van der Waals surface area contributed by atoms with E-state index in [4.69, 9.17) is 0 Å². The monoisotopic (exact) mass is 243 g/mol. The number of hydrogen-bond acceptors (Lipinski definition) is 3. The minimum Gasteiger partial charge on any atom is -0.469 e. The van der Waals surface area contributed by atoms with Crippen LogP contribution in [0.5, 0.6) is 0 Å². The molecule has 5 heteroatoms. The maximum absolute atomic E-state index is 13.4. The molecule has 0 heterocycles. The summed E-state index contributed by atoms with van der Waals surface area (Å²) in [6, 6.07) is 3.23. The van der Waals surface area contributed by atoms with Crippen LogP contribution in [0.1, 0.15) is 24.9 Å². The van der Waals surface area contributed by atoms with E-state index in [1.807, 2.05) is 0 Å². The van der Waals surface area contributed by atoms with Crippen LogP contribution in [0.4, 0.5) is 8.78 Å². The minimum atomic E-state index is -0.594. The van der Waals surface area contributed by atoms with Gasteiger partial charge < -0.3 is 10.1 Å². The number of esters is 1. The molecule has 1 aromatic carbocycles. The molecule has 1 atom stereocenters. The number of hydrogen-bond donors (Lipinski definition) is 1. The smallest absolute Gasteiger partial charge is 0.306 e. The fourth-order valence-corrected chi connectivity index (χ4v) is 1.52. The van der Waals surface area contributed by atoms with E-state index < -0.39 is 17.7 Å². The summed E-state index contributed by atoms with van der Waals surface area (Å²) in [7, 11) is 1.29. The van der Waals surface area contributed by atoms with Crippen molar-refractivity contribution in [3.63, 3.8) is 0 Å². The number of carbonyl (C=O) groups excluding carboxylic acids is 1. The van der Waals surface area contributed by atoms with Gasteiger partial charge in [-0.3, -0.25) is 4.79 Å². The molecule has 0 aromatic heterocycles. The fourth-order valence-electron chi connectivity index (χ4n) is 1.52. The molecule has 0 amide bonds. The predicted molar refractivity (Wildman–Crippen MR) is 59.4 cm³/mol. The van der Waals surface area contributed by atoms with Gasteiger partial charge in [0.05, 0.1) is 13.5 Å². The lowest BCUT2D eigenvalue weighted by molar-refractivity contribution is -0.140. The number of ether oxygens (including phenoxy) is 1. The Balaban J connectivity index is 2.58. The first-order chi connectivity index (χ1) is 8.06. The zero-order valence-electron chi connectivity index (χ0n) is 9.80. The van der Waals surface area contributed by atoms with Crippen LogP contribution in [0, 0.1) is 11.6 Å². The van der Waals surface area contributed by atoms with Crippen LogP contribution >= 0.6 is 0 Å². The first-order valence-electron chi connectivity index (χ1n) is 5.30. The number of benzene rings is 1. The lowest BCUT2D eigenvalue weighted by atomic mass is 10.1. The van der Waals surface area contributed by atoms with Crippen molar-refractivity contribution >= 4 is 5.97 Å². The van der Waals surface area contributed by atoms with Crippen molar-refractivity contribution in [1.82, 2.24) is 5.32 Å². The van der Waals surface area contributed by atoms with Crippen LogP contribution in [0.3, 0.4) is 0 Å². The van der Waals surface area contributed by atoms with E-state index >= 15 is 0 Å². The van der Waals surface area contributed by atoms with Crippen molar-refractivity contribution in [2.45, 2.75) is 19.4 Å². The topological polar surface area (TPSA) is 38.3 Å². The van der Waals surface area contributed by atoms with Crippen LogP contribution in [0.25, 0.3) is 0 Å². The Labute approximate surface area is 98.8 Å². The molecule has 94 valence electrons. The molecule has 0 saturated carbocycles. The summed E-state index contributed by atoms with van der Waals surface area (Å²) < 4.78 is 31.2. The second-order valence-corrected chi connectivity index (χ2v) is 3.64. The van der Waals surface area contributed by atoms with Crippen LogP contribution in [-0.2, 0) is 9.53 Å². The van der Waals surface area contributed by atoms with Gasteiger partial charge in [-0.1, -0.05) is 6.07 Å². The second-order valence-electron chi connectivity index (χ2n) is 3.64. The SMILES string of the molecule is COC(=O)CCNC(C)c1c(F)cccc1F. The highest BCUT2D eigenvalue weighted by atomic mass is 19.1. The zero-order chi connectivity index (χ0) is 12.8. The van der Waals surface area contributed by atoms with Gasteiger partial charge in [-0.25, -0.2) is 8.78 Å². The standard InChI is InChI=1S/C12H15F2NO2/c1-8(15-7-6-11(16)17-2)12-9(13)4-3-5-10(12)14/h3-5,8,15H,6-7H2,1-2H3. The van der Waals surface area contributed by atoms with Crippen molar-refractivity contribution in [3.8, 4) is 0 Å². The molecule has 3 nitrogen and oxygen atoms in total. The van der Waals surface area contributed by atoms with Gasteiger partial charge in [-0.05, 0) is 19.1 Å². The Morgan fingerprint density at radius 2 is 2.00 bits per heavy atom. The third-order valence-electron chi connectivity index (χ3n) is 2.44. The molecule has 17 heavy (non-hydrogen) atoms. The minimum absolute atomic E-state index is 0.0163. The molecule has 1 N–H and O–H groups in total. The summed E-state index contributed by atoms with van der Waals surface area (Å²) in [4.78, 5) is 10.9. The van der Waals surface area contributed by atoms with E-state index in [-0.39, 0.29) is 18.0 Å². The fraction of sp³-hybridized carbons (Fsp3) is 0.417. The number of rotatable bonds is 5. The maximum Gasteiger partial charge on any atom is 0.306 e. The van der Waals surface area contributed by atoms with Crippen molar-refractivity contribution in [1.29, 1.82) is 0 Å². The van der Waals surface area contributed by atoms with Crippen molar-refractivity contribution in [2.75, 3.05) is 13.7 Å². The van der Waals surface area contributed by atoms with E-state index in [1.54, 1.807) is 6.92 Å². The molecular formula is C12H15F2NO2. The average Bonchev–Trinajstić information content (AvgIpc) is 2.28. The molecule has 0 fully saturated rings. The van der Waals surface area contributed by atoms with E-state index in [0.717, 1.165) is 0 Å². The van der Waals surface area contributed by atoms with Gasteiger partial charge in [0.1, 0.15) is 11.6 Å². The number of methoxy groups -OCH3 is 1. The van der Waals surface area contributed by atoms with Gasteiger partial charge in [-0.15, -0.1) is 0 Å². The van der Waals surface area contributed by atoms with Crippen molar-refractivity contribution in [3.05, 3.63) is 35.4 Å². The zero-order valence-corrected chi connectivity index (χ0v) is 9.80. The molecule has 1 aromatic rings. The summed E-state index contributed by atoms with van der Waals surface area (Å²) >= 11 is 0. The third-order valence-corrected chi connectivity index (χ3v) is 2.44. The largest absolute Gasteiger partial charge is 0.469 e. The summed E-state index contributed by atoms with van der Waals surface area (Å²) in [6.45, 7) is 1.94.